The lowest BCUT2D eigenvalue weighted by molar-refractivity contribution is -0.141. The molecule has 124 valence electrons. The summed E-state index contributed by atoms with van der Waals surface area (Å²) in [6.07, 6.45) is 4.60. The molecule has 0 unspecified atom stereocenters. The van der Waals surface area contributed by atoms with Gasteiger partial charge in [0.25, 0.3) is 0 Å². The van der Waals surface area contributed by atoms with Gasteiger partial charge in [0.15, 0.2) is 0 Å². The minimum absolute atomic E-state index is 0.0286. The van der Waals surface area contributed by atoms with Crippen molar-refractivity contribution >= 4 is 11.8 Å². The van der Waals surface area contributed by atoms with Gasteiger partial charge in [0.1, 0.15) is 6.04 Å². The molecule has 1 aliphatic carbocycles. The molecule has 2 aliphatic rings. The van der Waals surface area contributed by atoms with Gasteiger partial charge >= 0.3 is 0 Å². The molecule has 1 saturated heterocycles. The van der Waals surface area contributed by atoms with Gasteiger partial charge in [0.2, 0.25) is 11.8 Å². The Kier molecular flexibility index (Phi) is 4.69. The Morgan fingerprint density at radius 1 is 1.17 bits per heavy atom. The molecule has 23 heavy (non-hydrogen) atoms. The van der Waals surface area contributed by atoms with Crippen LogP contribution in [0, 0.1) is 5.92 Å². The van der Waals surface area contributed by atoms with Gasteiger partial charge in [-0.05, 0) is 43.2 Å². The summed E-state index contributed by atoms with van der Waals surface area (Å²) >= 11 is 0. The highest BCUT2D eigenvalue weighted by atomic mass is 16.2. The fourth-order valence-electron chi connectivity index (χ4n) is 3.75. The third kappa shape index (κ3) is 3.41. The standard InChI is InChI=1S/C19H26N2O2/c1-13(2)19(23)21-11-5-8-17(21)18(22)20-16-10-9-14-6-3-4-7-15(14)12-16/h3-4,6-7,13,16-17H,5,8-12H2,1-2H3,(H,20,22)/t16-,17+/m0/s1. The van der Waals surface area contributed by atoms with Gasteiger partial charge in [0.05, 0.1) is 0 Å². The van der Waals surface area contributed by atoms with Crippen LogP contribution in [0.5, 0.6) is 0 Å². The molecule has 0 spiro atoms. The summed E-state index contributed by atoms with van der Waals surface area (Å²) in [5.74, 6) is 0.0717. The van der Waals surface area contributed by atoms with Crippen LogP contribution in [0.3, 0.4) is 0 Å². The van der Waals surface area contributed by atoms with Gasteiger partial charge in [-0.25, -0.2) is 0 Å². The van der Waals surface area contributed by atoms with Crippen molar-refractivity contribution in [3.63, 3.8) is 0 Å². The van der Waals surface area contributed by atoms with Gasteiger partial charge in [-0.1, -0.05) is 38.1 Å². The number of likely N-dealkylation sites (tertiary alicyclic amines) is 1. The molecule has 3 rings (SSSR count). The number of fused-ring (bicyclic) bond motifs is 1. The van der Waals surface area contributed by atoms with E-state index < -0.39 is 0 Å². The Labute approximate surface area is 138 Å². The number of aryl methyl sites for hydroxylation is 1. The van der Waals surface area contributed by atoms with Crippen molar-refractivity contribution in [2.75, 3.05) is 6.54 Å². The molecule has 1 aliphatic heterocycles. The van der Waals surface area contributed by atoms with Crippen molar-refractivity contribution in [1.29, 1.82) is 0 Å². The minimum Gasteiger partial charge on any atom is -0.351 e. The molecule has 0 bridgehead atoms. The summed E-state index contributed by atoms with van der Waals surface area (Å²) in [5, 5.41) is 3.19. The van der Waals surface area contributed by atoms with Crippen molar-refractivity contribution in [3.05, 3.63) is 35.4 Å². The third-order valence-corrected chi connectivity index (χ3v) is 5.03. The fraction of sp³-hybridized carbons (Fsp3) is 0.579. The van der Waals surface area contributed by atoms with E-state index in [1.807, 2.05) is 13.8 Å². The molecule has 1 N–H and O–H groups in total. The number of hydrogen-bond acceptors (Lipinski definition) is 2. The molecular weight excluding hydrogens is 288 g/mol. The first-order chi connectivity index (χ1) is 11.1. The van der Waals surface area contributed by atoms with E-state index in [4.69, 9.17) is 0 Å². The van der Waals surface area contributed by atoms with E-state index >= 15 is 0 Å². The lowest BCUT2D eigenvalue weighted by atomic mass is 9.88. The monoisotopic (exact) mass is 314 g/mol. The number of rotatable bonds is 3. The third-order valence-electron chi connectivity index (χ3n) is 5.03. The summed E-state index contributed by atoms with van der Waals surface area (Å²) in [6.45, 7) is 4.50. The topological polar surface area (TPSA) is 49.4 Å². The van der Waals surface area contributed by atoms with Crippen LogP contribution in [-0.4, -0.2) is 35.3 Å². The largest absolute Gasteiger partial charge is 0.351 e. The molecule has 0 aromatic heterocycles. The number of hydrogen-bond donors (Lipinski definition) is 1. The zero-order valence-corrected chi connectivity index (χ0v) is 14.0. The number of nitrogens with one attached hydrogen (secondary N) is 1. The molecule has 1 aromatic rings. The smallest absolute Gasteiger partial charge is 0.243 e. The van der Waals surface area contributed by atoms with E-state index in [2.05, 4.69) is 29.6 Å². The van der Waals surface area contributed by atoms with E-state index in [0.717, 1.165) is 32.1 Å². The molecule has 4 nitrogen and oxygen atoms in total. The van der Waals surface area contributed by atoms with Crippen LogP contribution < -0.4 is 5.32 Å². The quantitative estimate of drug-likeness (QED) is 0.931. The lowest BCUT2D eigenvalue weighted by Crippen LogP contribution is -2.50. The van der Waals surface area contributed by atoms with Crippen LogP contribution in [0.2, 0.25) is 0 Å². The second-order valence-electron chi connectivity index (χ2n) is 7.06. The Morgan fingerprint density at radius 3 is 2.65 bits per heavy atom. The van der Waals surface area contributed by atoms with E-state index in [-0.39, 0.29) is 29.8 Å². The molecule has 1 heterocycles. The average Bonchev–Trinajstić information content (AvgIpc) is 3.03. The van der Waals surface area contributed by atoms with Crippen molar-refractivity contribution in [2.45, 2.75) is 58.0 Å². The summed E-state index contributed by atoms with van der Waals surface area (Å²) < 4.78 is 0. The first-order valence-electron chi connectivity index (χ1n) is 8.74. The normalized spacial score (nSPS) is 23.7. The molecular formula is C19H26N2O2. The predicted octanol–water partition coefficient (Wildman–Crippen LogP) is 2.31. The first-order valence-corrected chi connectivity index (χ1v) is 8.74. The van der Waals surface area contributed by atoms with Crippen LogP contribution >= 0.6 is 0 Å². The number of amides is 2. The molecule has 0 radical (unpaired) electrons. The van der Waals surface area contributed by atoms with Gasteiger partial charge in [-0.2, -0.15) is 0 Å². The highest BCUT2D eigenvalue weighted by molar-refractivity contribution is 5.89. The van der Waals surface area contributed by atoms with Crippen molar-refractivity contribution in [1.82, 2.24) is 10.2 Å². The van der Waals surface area contributed by atoms with Crippen LogP contribution in [0.15, 0.2) is 24.3 Å². The van der Waals surface area contributed by atoms with Crippen LogP contribution in [0.4, 0.5) is 0 Å². The Hall–Kier alpha value is -1.84. The predicted molar refractivity (Wildman–Crippen MR) is 90.0 cm³/mol. The number of benzene rings is 1. The number of carbonyl (C=O) groups excluding carboxylic acids is 2. The Morgan fingerprint density at radius 2 is 1.91 bits per heavy atom. The summed E-state index contributed by atoms with van der Waals surface area (Å²) in [6, 6.07) is 8.37. The number of carbonyl (C=O) groups is 2. The van der Waals surface area contributed by atoms with E-state index in [9.17, 15) is 9.59 Å². The van der Waals surface area contributed by atoms with E-state index in [1.165, 1.54) is 11.1 Å². The maximum Gasteiger partial charge on any atom is 0.243 e. The highest BCUT2D eigenvalue weighted by Gasteiger charge is 2.35. The summed E-state index contributed by atoms with van der Waals surface area (Å²) in [5.41, 5.74) is 2.74. The van der Waals surface area contributed by atoms with Crippen LogP contribution in [0.1, 0.15) is 44.2 Å². The minimum atomic E-state index is -0.276. The summed E-state index contributed by atoms with van der Waals surface area (Å²) in [7, 11) is 0. The van der Waals surface area contributed by atoms with Gasteiger partial charge < -0.3 is 10.2 Å². The van der Waals surface area contributed by atoms with Gasteiger partial charge in [-0.15, -0.1) is 0 Å². The van der Waals surface area contributed by atoms with Gasteiger partial charge in [0, 0.05) is 18.5 Å². The molecule has 4 heteroatoms. The molecule has 0 saturated carbocycles. The second kappa shape index (κ2) is 6.73. The van der Waals surface area contributed by atoms with E-state index in [1.54, 1.807) is 4.90 Å². The highest BCUT2D eigenvalue weighted by Crippen LogP contribution is 2.23. The van der Waals surface area contributed by atoms with Crippen LogP contribution in [-0.2, 0) is 22.4 Å². The first kappa shape index (κ1) is 16.0. The van der Waals surface area contributed by atoms with Crippen molar-refractivity contribution < 1.29 is 9.59 Å². The number of nitrogens with zero attached hydrogens (tertiary/aromatic N) is 1. The fourth-order valence-corrected chi connectivity index (χ4v) is 3.75. The zero-order valence-electron chi connectivity index (χ0n) is 14.0. The Balaban J connectivity index is 1.62. The maximum absolute atomic E-state index is 12.7. The molecule has 2 amide bonds. The van der Waals surface area contributed by atoms with Crippen molar-refractivity contribution in [2.24, 2.45) is 5.92 Å². The summed E-state index contributed by atoms with van der Waals surface area (Å²) in [4.78, 5) is 26.7. The zero-order chi connectivity index (χ0) is 16.4. The van der Waals surface area contributed by atoms with Gasteiger partial charge in [-0.3, -0.25) is 9.59 Å². The lowest BCUT2D eigenvalue weighted by Gasteiger charge is -2.30. The molecule has 1 aromatic carbocycles. The SMILES string of the molecule is CC(C)C(=O)N1CCC[C@@H]1C(=O)N[C@H]1CCc2ccccc2C1. The van der Waals surface area contributed by atoms with E-state index in [0.29, 0.717) is 6.54 Å². The molecule has 2 atom stereocenters. The Bertz CT molecular complexity index is 597. The average molecular weight is 314 g/mol. The second-order valence-corrected chi connectivity index (χ2v) is 7.06. The molecule has 1 fully saturated rings. The maximum atomic E-state index is 12.7. The van der Waals surface area contributed by atoms with Crippen LogP contribution in [0.25, 0.3) is 0 Å². The van der Waals surface area contributed by atoms with Crippen molar-refractivity contribution in [3.8, 4) is 0 Å².